The third-order valence-corrected chi connectivity index (χ3v) is 5.85. The largest absolute Gasteiger partial charge is 0.350 e. The number of para-hydroxylation sites is 1. The zero-order chi connectivity index (χ0) is 23.7. The second-order valence-corrected chi connectivity index (χ2v) is 8.35. The summed E-state index contributed by atoms with van der Waals surface area (Å²) in [6.45, 7) is 3.70. The molecular formula is C25H19Cl2N3O3. The van der Waals surface area contributed by atoms with Crippen LogP contribution in [-0.2, 0) is 9.59 Å². The van der Waals surface area contributed by atoms with Crippen molar-refractivity contribution < 1.29 is 14.4 Å². The Balaban J connectivity index is 1.51. The minimum absolute atomic E-state index is 0.0177. The van der Waals surface area contributed by atoms with E-state index in [1.54, 1.807) is 54.6 Å². The van der Waals surface area contributed by atoms with Gasteiger partial charge in [-0.05, 0) is 67.4 Å². The second kappa shape index (κ2) is 9.10. The average molecular weight is 480 g/mol. The van der Waals surface area contributed by atoms with Crippen LogP contribution in [0.3, 0.4) is 0 Å². The second-order valence-electron chi connectivity index (χ2n) is 7.56. The first-order valence-electron chi connectivity index (χ1n) is 10.0. The number of imide groups is 1. The summed E-state index contributed by atoms with van der Waals surface area (Å²) >= 11 is 12.3. The molecule has 3 aromatic carbocycles. The fourth-order valence-electron chi connectivity index (χ4n) is 3.40. The highest BCUT2D eigenvalue weighted by Crippen LogP contribution is 2.32. The molecule has 1 aliphatic heterocycles. The van der Waals surface area contributed by atoms with E-state index in [1.165, 1.54) is 0 Å². The standard InChI is InChI=1S/C25H19Cl2N3O3/c1-14-7-8-15(2)20(13-14)30-24(32)21(27)22(25(30)33)28-17-11-9-16(10-12-17)23(31)29-19-6-4-3-5-18(19)26/h3-13,28H,1-2H3,(H,29,31). The highest BCUT2D eigenvalue weighted by molar-refractivity contribution is 6.53. The molecule has 0 aliphatic carbocycles. The van der Waals surface area contributed by atoms with E-state index in [1.807, 2.05) is 26.0 Å². The van der Waals surface area contributed by atoms with E-state index >= 15 is 0 Å². The topological polar surface area (TPSA) is 78.5 Å². The lowest BCUT2D eigenvalue weighted by atomic mass is 10.1. The normalized spacial score (nSPS) is 13.5. The van der Waals surface area contributed by atoms with Crippen LogP contribution in [0.5, 0.6) is 0 Å². The Bertz CT molecular complexity index is 1320. The van der Waals surface area contributed by atoms with Gasteiger partial charge in [-0.25, -0.2) is 4.90 Å². The summed E-state index contributed by atoms with van der Waals surface area (Å²) in [6, 6.07) is 18.9. The van der Waals surface area contributed by atoms with Crippen molar-refractivity contribution in [1.82, 2.24) is 0 Å². The molecule has 8 heteroatoms. The van der Waals surface area contributed by atoms with Crippen molar-refractivity contribution >= 4 is 58.0 Å². The highest BCUT2D eigenvalue weighted by atomic mass is 35.5. The van der Waals surface area contributed by atoms with Gasteiger partial charge in [0.1, 0.15) is 10.7 Å². The molecule has 1 aliphatic rings. The van der Waals surface area contributed by atoms with Crippen molar-refractivity contribution in [2.24, 2.45) is 0 Å². The molecule has 0 saturated carbocycles. The lowest BCUT2D eigenvalue weighted by Gasteiger charge is -2.18. The summed E-state index contributed by atoms with van der Waals surface area (Å²) in [7, 11) is 0. The lowest BCUT2D eigenvalue weighted by Crippen LogP contribution is -2.32. The molecule has 6 nitrogen and oxygen atoms in total. The molecule has 0 saturated heterocycles. The van der Waals surface area contributed by atoms with Crippen LogP contribution in [-0.4, -0.2) is 17.7 Å². The monoisotopic (exact) mass is 479 g/mol. The number of hydrogen-bond donors (Lipinski definition) is 2. The van der Waals surface area contributed by atoms with E-state index in [2.05, 4.69) is 10.6 Å². The van der Waals surface area contributed by atoms with E-state index in [-0.39, 0.29) is 16.6 Å². The Hall–Kier alpha value is -3.61. The molecule has 0 atom stereocenters. The Morgan fingerprint density at radius 3 is 2.27 bits per heavy atom. The smallest absolute Gasteiger partial charge is 0.283 e. The quantitative estimate of drug-likeness (QED) is 0.463. The molecule has 0 aromatic heterocycles. The summed E-state index contributed by atoms with van der Waals surface area (Å²) < 4.78 is 0. The van der Waals surface area contributed by atoms with Gasteiger partial charge < -0.3 is 10.6 Å². The number of aryl methyl sites for hydroxylation is 2. The van der Waals surface area contributed by atoms with Crippen molar-refractivity contribution in [3.8, 4) is 0 Å². The fourth-order valence-corrected chi connectivity index (χ4v) is 3.79. The van der Waals surface area contributed by atoms with Crippen LogP contribution < -0.4 is 15.5 Å². The van der Waals surface area contributed by atoms with Crippen molar-refractivity contribution in [2.75, 3.05) is 15.5 Å². The summed E-state index contributed by atoms with van der Waals surface area (Å²) in [6.07, 6.45) is 0. The van der Waals surface area contributed by atoms with Crippen molar-refractivity contribution in [2.45, 2.75) is 13.8 Å². The lowest BCUT2D eigenvalue weighted by molar-refractivity contribution is -0.120. The van der Waals surface area contributed by atoms with E-state index in [0.717, 1.165) is 16.0 Å². The number of hydrogen-bond acceptors (Lipinski definition) is 4. The van der Waals surface area contributed by atoms with Crippen LogP contribution >= 0.6 is 23.2 Å². The van der Waals surface area contributed by atoms with Gasteiger partial charge in [0, 0.05) is 11.3 Å². The van der Waals surface area contributed by atoms with Crippen LogP contribution in [0.2, 0.25) is 5.02 Å². The third kappa shape index (κ3) is 4.49. The van der Waals surface area contributed by atoms with Gasteiger partial charge in [0.2, 0.25) is 0 Å². The molecule has 3 amide bonds. The SMILES string of the molecule is Cc1ccc(C)c(N2C(=O)C(Cl)=C(Nc3ccc(C(=O)Nc4ccccc4Cl)cc3)C2=O)c1. The molecule has 0 bridgehead atoms. The van der Waals surface area contributed by atoms with E-state index in [4.69, 9.17) is 23.2 Å². The minimum atomic E-state index is -0.589. The molecule has 3 aromatic rings. The predicted molar refractivity (Wildman–Crippen MR) is 131 cm³/mol. The van der Waals surface area contributed by atoms with E-state index in [0.29, 0.717) is 27.6 Å². The van der Waals surface area contributed by atoms with Gasteiger partial charge >= 0.3 is 0 Å². The Labute approximate surface area is 200 Å². The Morgan fingerprint density at radius 2 is 1.58 bits per heavy atom. The van der Waals surface area contributed by atoms with Gasteiger partial charge in [-0.15, -0.1) is 0 Å². The zero-order valence-corrected chi connectivity index (χ0v) is 19.3. The number of nitrogens with one attached hydrogen (secondary N) is 2. The predicted octanol–water partition coefficient (Wildman–Crippen LogP) is 5.64. The molecule has 166 valence electrons. The molecule has 0 radical (unpaired) electrons. The van der Waals surface area contributed by atoms with Gasteiger partial charge in [0.05, 0.1) is 16.4 Å². The fraction of sp³-hybridized carbons (Fsp3) is 0.0800. The van der Waals surface area contributed by atoms with E-state index in [9.17, 15) is 14.4 Å². The molecule has 2 N–H and O–H groups in total. The van der Waals surface area contributed by atoms with Crippen LogP contribution in [0, 0.1) is 13.8 Å². The molecule has 33 heavy (non-hydrogen) atoms. The van der Waals surface area contributed by atoms with Gasteiger partial charge in [-0.3, -0.25) is 14.4 Å². The number of anilines is 3. The first kappa shape index (κ1) is 22.6. The third-order valence-electron chi connectivity index (χ3n) is 5.17. The van der Waals surface area contributed by atoms with Crippen LogP contribution in [0.25, 0.3) is 0 Å². The number of benzene rings is 3. The molecule has 0 fully saturated rings. The number of amides is 3. The van der Waals surface area contributed by atoms with Gasteiger partial charge in [0.15, 0.2) is 0 Å². The van der Waals surface area contributed by atoms with Crippen LogP contribution in [0.15, 0.2) is 77.5 Å². The Morgan fingerprint density at radius 1 is 0.879 bits per heavy atom. The maximum absolute atomic E-state index is 13.0. The molecule has 0 unspecified atom stereocenters. The maximum atomic E-state index is 13.0. The van der Waals surface area contributed by atoms with Gasteiger partial charge in [-0.1, -0.05) is 47.5 Å². The molecular weight excluding hydrogens is 461 g/mol. The van der Waals surface area contributed by atoms with Crippen molar-refractivity contribution in [1.29, 1.82) is 0 Å². The summed E-state index contributed by atoms with van der Waals surface area (Å²) in [5.74, 6) is -1.46. The maximum Gasteiger partial charge on any atom is 0.283 e. The van der Waals surface area contributed by atoms with Crippen LogP contribution in [0.1, 0.15) is 21.5 Å². The molecule has 4 rings (SSSR count). The zero-order valence-electron chi connectivity index (χ0n) is 17.8. The number of rotatable bonds is 5. The number of carbonyl (C=O) groups excluding carboxylic acids is 3. The van der Waals surface area contributed by atoms with Gasteiger partial charge in [0.25, 0.3) is 17.7 Å². The average Bonchev–Trinajstić information content (AvgIpc) is 3.00. The Kier molecular flexibility index (Phi) is 6.22. The minimum Gasteiger partial charge on any atom is -0.350 e. The summed E-state index contributed by atoms with van der Waals surface area (Å²) in [5.41, 5.74) is 3.57. The number of halogens is 2. The van der Waals surface area contributed by atoms with Gasteiger partial charge in [-0.2, -0.15) is 0 Å². The van der Waals surface area contributed by atoms with Crippen LogP contribution in [0.4, 0.5) is 17.1 Å². The van der Waals surface area contributed by atoms with Crippen molar-refractivity contribution in [3.05, 3.63) is 99.2 Å². The van der Waals surface area contributed by atoms with E-state index < -0.39 is 11.8 Å². The number of nitrogens with zero attached hydrogens (tertiary/aromatic N) is 1. The first-order chi connectivity index (χ1) is 15.8. The summed E-state index contributed by atoms with van der Waals surface area (Å²) in [5, 5.41) is 5.90. The van der Waals surface area contributed by atoms with Crippen molar-refractivity contribution in [3.63, 3.8) is 0 Å². The molecule has 0 spiro atoms. The first-order valence-corrected chi connectivity index (χ1v) is 10.8. The number of carbonyl (C=O) groups is 3. The highest BCUT2D eigenvalue weighted by Gasteiger charge is 2.39. The summed E-state index contributed by atoms with van der Waals surface area (Å²) in [4.78, 5) is 39.3. The molecule has 1 heterocycles.